The lowest BCUT2D eigenvalue weighted by Gasteiger charge is -2.22. The van der Waals surface area contributed by atoms with Crippen LogP contribution < -0.4 is 4.90 Å². The fourth-order valence-electron chi connectivity index (χ4n) is 2.27. The Hall–Kier alpha value is -2.60. The number of benzene rings is 1. The summed E-state index contributed by atoms with van der Waals surface area (Å²) >= 11 is 3.42. The lowest BCUT2D eigenvalue weighted by atomic mass is 10.2. The van der Waals surface area contributed by atoms with Crippen molar-refractivity contribution in [2.75, 3.05) is 4.90 Å². The summed E-state index contributed by atoms with van der Waals surface area (Å²) in [4.78, 5) is 27.3. The number of aryl methyl sites for hydroxylation is 1. The van der Waals surface area contributed by atoms with Crippen molar-refractivity contribution in [2.45, 2.75) is 13.5 Å². The van der Waals surface area contributed by atoms with Gasteiger partial charge in [0.2, 0.25) is 0 Å². The summed E-state index contributed by atoms with van der Waals surface area (Å²) < 4.78 is 0.953. The van der Waals surface area contributed by atoms with Gasteiger partial charge in [0, 0.05) is 22.6 Å². The van der Waals surface area contributed by atoms with Crippen LogP contribution in [0, 0.1) is 6.92 Å². The van der Waals surface area contributed by atoms with Crippen molar-refractivity contribution in [2.24, 2.45) is 0 Å². The fraction of sp³-hybridized carbons (Fsp3) is 0.111. The molecule has 0 N–H and O–H groups in total. The van der Waals surface area contributed by atoms with Crippen LogP contribution in [0.4, 0.5) is 5.69 Å². The molecule has 0 aliphatic rings. The first-order valence-electron chi connectivity index (χ1n) is 7.40. The van der Waals surface area contributed by atoms with E-state index in [-0.39, 0.29) is 5.91 Å². The van der Waals surface area contributed by atoms with Crippen molar-refractivity contribution in [3.05, 3.63) is 82.6 Å². The van der Waals surface area contributed by atoms with Crippen LogP contribution >= 0.6 is 15.9 Å². The second kappa shape index (κ2) is 7.31. The number of hydrogen-bond acceptors (Lipinski definition) is 4. The van der Waals surface area contributed by atoms with E-state index in [4.69, 9.17) is 0 Å². The van der Waals surface area contributed by atoms with E-state index in [1.807, 2.05) is 42.5 Å². The van der Waals surface area contributed by atoms with Crippen LogP contribution in [0.3, 0.4) is 0 Å². The minimum Gasteiger partial charge on any atom is -0.301 e. The van der Waals surface area contributed by atoms with Gasteiger partial charge in [-0.1, -0.05) is 22.0 Å². The molecule has 3 aromatic rings. The molecule has 0 atom stereocenters. The van der Waals surface area contributed by atoms with Gasteiger partial charge in [-0.05, 0) is 49.4 Å². The summed E-state index contributed by atoms with van der Waals surface area (Å²) in [6, 6.07) is 14.9. The molecule has 0 aliphatic carbocycles. The number of hydrogen-bond donors (Lipinski definition) is 0. The molecule has 0 radical (unpaired) electrons. The van der Waals surface area contributed by atoms with Crippen molar-refractivity contribution in [1.82, 2.24) is 15.0 Å². The zero-order chi connectivity index (χ0) is 16.9. The molecule has 6 heteroatoms. The van der Waals surface area contributed by atoms with E-state index in [1.54, 1.807) is 30.3 Å². The van der Waals surface area contributed by atoms with E-state index >= 15 is 0 Å². The number of carbonyl (C=O) groups excluding carboxylic acids is 1. The van der Waals surface area contributed by atoms with Gasteiger partial charge >= 0.3 is 0 Å². The van der Waals surface area contributed by atoms with Gasteiger partial charge in [-0.15, -0.1) is 0 Å². The Morgan fingerprint density at radius 2 is 1.83 bits per heavy atom. The number of halogens is 1. The van der Waals surface area contributed by atoms with Crippen molar-refractivity contribution < 1.29 is 4.79 Å². The average Bonchev–Trinajstić information content (AvgIpc) is 2.61. The third-order valence-electron chi connectivity index (χ3n) is 3.42. The highest BCUT2D eigenvalue weighted by atomic mass is 79.9. The summed E-state index contributed by atoms with van der Waals surface area (Å²) in [6.45, 7) is 2.13. The van der Waals surface area contributed by atoms with Gasteiger partial charge in [-0.25, -0.2) is 9.97 Å². The molecule has 3 rings (SSSR count). The highest BCUT2D eigenvalue weighted by Crippen LogP contribution is 2.22. The van der Waals surface area contributed by atoms with Crippen LogP contribution in [0.1, 0.15) is 22.0 Å². The molecule has 120 valence electrons. The fourth-order valence-corrected chi connectivity index (χ4v) is 2.53. The summed E-state index contributed by atoms with van der Waals surface area (Å²) in [5.74, 6) is 0.378. The van der Waals surface area contributed by atoms with Crippen LogP contribution in [0.5, 0.6) is 0 Å². The SMILES string of the molecule is Cc1nccc(C(=O)N(Cc2ccccn2)c2ccc(Br)cc2)n1. The second-order valence-electron chi connectivity index (χ2n) is 5.18. The Morgan fingerprint density at radius 3 is 2.50 bits per heavy atom. The molecule has 2 heterocycles. The number of anilines is 1. The molecule has 1 amide bonds. The number of nitrogens with zero attached hydrogens (tertiary/aromatic N) is 4. The Labute approximate surface area is 148 Å². The lowest BCUT2D eigenvalue weighted by molar-refractivity contribution is 0.0979. The number of aromatic nitrogens is 3. The van der Waals surface area contributed by atoms with Gasteiger partial charge in [-0.3, -0.25) is 9.78 Å². The predicted molar refractivity (Wildman–Crippen MR) is 95.7 cm³/mol. The van der Waals surface area contributed by atoms with Crippen LogP contribution in [0.2, 0.25) is 0 Å². The summed E-state index contributed by atoms with van der Waals surface area (Å²) in [5.41, 5.74) is 1.95. The van der Waals surface area contributed by atoms with Crippen molar-refractivity contribution in [3.63, 3.8) is 0 Å². The van der Waals surface area contributed by atoms with Gasteiger partial charge in [-0.2, -0.15) is 0 Å². The van der Waals surface area contributed by atoms with Gasteiger partial charge in [0.05, 0.1) is 12.2 Å². The molecule has 0 saturated heterocycles. The van der Waals surface area contributed by atoms with Crippen molar-refractivity contribution >= 4 is 27.5 Å². The van der Waals surface area contributed by atoms with Crippen LogP contribution in [0.25, 0.3) is 0 Å². The maximum Gasteiger partial charge on any atom is 0.277 e. The minimum absolute atomic E-state index is 0.187. The number of rotatable bonds is 4. The zero-order valence-electron chi connectivity index (χ0n) is 13.1. The maximum atomic E-state index is 13.0. The maximum absolute atomic E-state index is 13.0. The Bertz CT molecular complexity index is 837. The molecule has 5 nitrogen and oxygen atoms in total. The normalized spacial score (nSPS) is 10.4. The molecule has 0 unspecified atom stereocenters. The van der Waals surface area contributed by atoms with Crippen molar-refractivity contribution in [3.8, 4) is 0 Å². The predicted octanol–water partition coefficient (Wildman–Crippen LogP) is 3.79. The number of amides is 1. The van der Waals surface area contributed by atoms with E-state index in [2.05, 4.69) is 30.9 Å². The molecule has 0 bridgehead atoms. The smallest absolute Gasteiger partial charge is 0.277 e. The first-order chi connectivity index (χ1) is 11.6. The second-order valence-corrected chi connectivity index (χ2v) is 6.09. The topological polar surface area (TPSA) is 59.0 Å². The van der Waals surface area contributed by atoms with Crippen molar-refractivity contribution in [1.29, 1.82) is 0 Å². The monoisotopic (exact) mass is 382 g/mol. The first-order valence-corrected chi connectivity index (χ1v) is 8.20. The summed E-state index contributed by atoms with van der Waals surface area (Å²) in [7, 11) is 0. The average molecular weight is 383 g/mol. The van der Waals surface area contributed by atoms with Gasteiger partial charge in [0.25, 0.3) is 5.91 Å². The zero-order valence-corrected chi connectivity index (χ0v) is 14.6. The highest BCUT2D eigenvalue weighted by molar-refractivity contribution is 9.10. The van der Waals surface area contributed by atoms with E-state index in [1.165, 1.54) is 0 Å². The lowest BCUT2D eigenvalue weighted by Crippen LogP contribution is -2.31. The standard InChI is InChI=1S/C18H15BrN4O/c1-13-20-11-9-17(22-13)18(24)23(12-15-4-2-3-10-21-15)16-7-5-14(19)6-8-16/h2-11H,12H2,1H3. The van der Waals surface area contributed by atoms with E-state index < -0.39 is 0 Å². The van der Waals surface area contributed by atoms with Crippen LogP contribution in [0.15, 0.2) is 65.4 Å². The largest absolute Gasteiger partial charge is 0.301 e. The van der Waals surface area contributed by atoms with Crippen LogP contribution in [-0.4, -0.2) is 20.9 Å². The third kappa shape index (κ3) is 3.83. The molecule has 0 aliphatic heterocycles. The summed E-state index contributed by atoms with van der Waals surface area (Å²) in [5, 5.41) is 0. The molecule has 2 aromatic heterocycles. The molecule has 0 saturated carbocycles. The molecule has 24 heavy (non-hydrogen) atoms. The third-order valence-corrected chi connectivity index (χ3v) is 3.95. The Morgan fingerprint density at radius 1 is 1.04 bits per heavy atom. The number of pyridine rings is 1. The van der Waals surface area contributed by atoms with E-state index in [9.17, 15) is 4.79 Å². The molecule has 0 fully saturated rings. The molecular weight excluding hydrogens is 368 g/mol. The van der Waals surface area contributed by atoms with E-state index in [0.29, 0.717) is 18.1 Å². The molecular formula is C18H15BrN4O. The van der Waals surface area contributed by atoms with E-state index in [0.717, 1.165) is 15.9 Å². The van der Waals surface area contributed by atoms with Gasteiger partial charge < -0.3 is 4.90 Å². The molecule has 1 aromatic carbocycles. The highest BCUT2D eigenvalue weighted by Gasteiger charge is 2.20. The van der Waals surface area contributed by atoms with Gasteiger partial charge in [0.15, 0.2) is 0 Å². The number of carbonyl (C=O) groups is 1. The van der Waals surface area contributed by atoms with Gasteiger partial charge in [0.1, 0.15) is 11.5 Å². The molecule has 0 spiro atoms. The Balaban J connectivity index is 1.97. The minimum atomic E-state index is -0.187. The summed E-state index contributed by atoms with van der Waals surface area (Å²) in [6.07, 6.45) is 3.31. The quantitative estimate of drug-likeness (QED) is 0.688. The van der Waals surface area contributed by atoms with Crippen LogP contribution in [-0.2, 0) is 6.54 Å². The Kier molecular flexibility index (Phi) is 4.96. The first kappa shape index (κ1) is 16.3.